The summed E-state index contributed by atoms with van der Waals surface area (Å²) >= 11 is 0. The summed E-state index contributed by atoms with van der Waals surface area (Å²) in [5.41, 5.74) is 1.17. The van der Waals surface area contributed by atoms with Gasteiger partial charge in [0, 0.05) is 24.3 Å². The minimum Gasteiger partial charge on any atom is -0.481 e. The lowest BCUT2D eigenvalue weighted by atomic mass is 9.73. The molecule has 0 heterocycles. The Kier molecular flexibility index (Phi) is 6.56. The van der Waals surface area contributed by atoms with Gasteiger partial charge >= 0.3 is 5.97 Å². The molecular weight excluding hydrogens is 320 g/mol. The van der Waals surface area contributed by atoms with Crippen LogP contribution < -0.4 is 5.32 Å². The van der Waals surface area contributed by atoms with Crippen molar-refractivity contribution in [2.45, 2.75) is 39.5 Å². The van der Waals surface area contributed by atoms with E-state index in [2.05, 4.69) is 5.32 Å². The molecule has 6 heteroatoms. The molecule has 0 spiro atoms. The van der Waals surface area contributed by atoms with Crippen molar-refractivity contribution in [3.05, 3.63) is 29.8 Å². The predicted octanol–water partition coefficient (Wildman–Crippen LogP) is 3.00. The number of aliphatic carboxylic acids is 1. The van der Waals surface area contributed by atoms with E-state index in [0.29, 0.717) is 24.1 Å². The Balaban J connectivity index is 1.98. The third-order valence-electron chi connectivity index (χ3n) is 4.60. The first-order chi connectivity index (χ1) is 12.0. The van der Waals surface area contributed by atoms with E-state index in [9.17, 15) is 14.4 Å². The predicted molar refractivity (Wildman–Crippen MR) is 95.4 cm³/mol. The van der Waals surface area contributed by atoms with Crippen LogP contribution in [0, 0.1) is 11.8 Å². The van der Waals surface area contributed by atoms with Crippen LogP contribution in [-0.4, -0.2) is 40.9 Å². The molecule has 0 radical (unpaired) electrons. The molecule has 1 aliphatic rings. The summed E-state index contributed by atoms with van der Waals surface area (Å²) in [4.78, 5) is 37.5. The average Bonchev–Trinajstić information content (AvgIpc) is 2.53. The number of benzene rings is 1. The molecule has 0 bridgehead atoms. The second kappa shape index (κ2) is 8.65. The molecule has 1 aliphatic carbocycles. The number of nitrogens with zero attached hydrogens (tertiary/aromatic N) is 1. The van der Waals surface area contributed by atoms with Gasteiger partial charge in [0.2, 0.25) is 5.91 Å². The maximum absolute atomic E-state index is 12.5. The van der Waals surface area contributed by atoms with Crippen LogP contribution in [-0.2, 0) is 9.59 Å². The molecule has 1 aromatic rings. The lowest BCUT2D eigenvalue weighted by Gasteiger charge is -2.31. The quantitative estimate of drug-likeness (QED) is 0.757. The topological polar surface area (TPSA) is 86.7 Å². The molecule has 25 heavy (non-hydrogen) atoms. The van der Waals surface area contributed by atoms with Crippen molar-refractivity contribution in [2.24, 2.45) is 11.8 Å². The van der Waals surface area contributed by atoms with Gasteiger partial charge in [-0.15, -0.1) is 0 Å². The van der Waals surface area contributed by atoms with Crippen LogP contribution in [0.3, 0.4) is 0 Å². The highest BCUT2D eigenvalue weighted by Crippen LogP contribution is 2.35. The first kappa shape index (κ1) is 19.0. The summed E-state index contributed by atoms with van der Waals surface area (Å²) in [6.07, 6.45) is 2.96. The summed E-state index contributed by atoms with van der Waals surface area (Å²) in [7, 11) is 0. The Bertz CT molecular complexity index is 621. The number of nitrogens with one attached hydrogen (secondary N) is 1. The number of amides is 2. The van der Waals surface area contributed by atoms with Crippen LogP contribution >= 0.6 is 0 Å². The fraction of sp³-hybridized carbons (Fsp3) is 0.526. The van der Waals surface area contributed by atoms with Crippen LogP contribution in [0.5, 0.6) is 0 Å². The van der Waals surface area contributed by atoms with Crippen molar-refractivity contribution in [1.82, 2.24) is 4.90 Å². The molecule has 1 aromatic carbocycles. The van der Waals surface area contributed by atoms with Crippen molar-refractivity contribution < 1.29 is 19.5 Å². The lowest BCUT2D eigenvalue weighted by Crippen LogP contribution is -2.41. The summed E-state index contributed by atoms with van der Waals surface area (Å²) in [6.45, 7) is 5.53. The molecule has 2 N–H and O–H groups in total. The zero-order chi connectivity index (χ0) is 18.4. The van der Waals surface area contributed by atoms with Gasteiger partial charge in [-0.25, -0.2) is 0 Å². The second-order valence-electron chi connectivity index (χ2n) is 6.49. The fourth-order valence-corrected chi connectivity index (χ4v) is 3.08. The van der Waals surface area contributed by atoms with Crippen LogP contribution in [0.25, 0.3) is 0 Å². The third kappa shape index (κ3) is 4.59. The number of anilines is 1. The molecule has 1 saturated carbocycles. The van der Waals surface area contributed by atoms with Gasteiger partial charge in [-0.1, -0.05) is 13.8 Å². The van der Waals surface area contributed by atoms with Crippen LogP contribution in [0.2, 0.25) is 0 Å². The highest BCUT2D eigenvalue weighted by Gasteiger charge is 2.41. The van der Waals surface area contributed by atoms with Crippen molar-refractivity contribution >= 4 is 23.5 Å². The number of hydrogen-bond acceptors (Lipinski definition) is 3. The van der Waals surface area contributed by atoms with Crippen molar-refractivity contribution in [3.63, 3.8) is 0 Å². The molecule has 2 unspecified atom stereocenters. The summed E-state index contributed by atoms with van der Waals surface area (Å²) in [5, 5.41) is 11.8. The van der Waals surface area contributed by atoms with E-state index in [1.807, 2.05) is 18.7 Å². The third-order valence-corrected chi connectivity index (χ3v) is 4.60. The molecule has 2 rings (SSSR count). The van der Waals surface area contributed by atoms with E-state index in [1.54, 1.807) is 24.3 Å². The Labute approximate surface area is 148 Å². The van der Waals surface area contributed by atoms with Crippen LogP contribution in [0.4, 0.5) is 5.69 Å². The minimum absolute atomic E-state index is 0.00786. The average molecular weight is 346 g/mol. The second-order valence-corrected chi connectivity index (χ2v) is 6.49. The largest absolute Gasteiger partial charge is 0.481 e. The molecule has 1 fully saturated rings. The van der Waals surface area contributed by atoms with E-state index in [1.165, 1.54) is 0 Å². The fourth-order valence-electron chi connectivity index (χ4n) is 3.08. The van der Waals surface area contributed by atoms with Gasteiger partial charge in [0.15, 0.2) is 0 Å². The summed E-state index contributed by atoms with van der Waals surface area (Å²) < 4.78 is 0. The monoisotopic (exact) mass is 346 g/mol. The smallest absolute Gasteiger partial charge is 0.307 e. The molecule has 2 amide bonds. The minimum atomic E-state index is -0.917. The van der Waals surface area contributed by atoms with Crippen molar-refractivity contribution in [3.8, 4) is 0 Å². The standard InChI is InChI=1S/C19H26N2O4/c1-3-11-21(12-4-2)18(23)13-5-7-14(8-6-13)20-17(22)15-9-10-16(15)19(24)25/h5-8,15-16H,3-4,9-12H2,1-2H3,(H,20,22)(H,24,25). The SMILES string of the molecule is CCCN(CCC)C(=O)c1ccc(NC(=O)C2CCC2C(=O)O)cc1. The zero-order valence-corrected chi connectivity index (χ0v) is 14.8. The number of carboxylic acid groups (broad SMARTS) is 1. The van der Waals surface area contributed by atoms with E-state index < -0.39 is 17.8 Å². The van der Waals surface area contributed by atoms with Gasteiger partial charge in [-0.3, -0.25) is 14.4 Å². The van der Waals surface area contributed by atoms with Gasteiger partial charge < -0.3 is 15.3 Å². The molecule has 6 nitrogen and oxygen atoms in total. The molecule has 0 saturated heterocycles. The first-order valence-corrected chi connectivity index (χ1v) is 8.90. The van der Waals surface area contributed by atoms with Crippen molar-refractivity contribution in [1.29, 1.82) is 0 Å². The van der Waals surface area contributed by atoms with Crippen molar-refractivity contribution in [2.75, 3.05) is 18.4 Å². The zero-order valence-electron chi connectivity index (χ0n) is 14.8. The highest BCUT2D eigenvalue weighted by molar-refractivity contribution is 5.97. The van der Waals surface area contributed by atoms with Crippen LogP contribution in [0.1, 0.15) is 49.9 Å². The highest BCUT2D eigenvalue weighted by atomic mass is 16.4. The molecule has 2 atom stereocenters. The van der Waals surface area contributed by atoms with E-state index in [4.69, 9.17) is 5.11 Å². The van der Waals surface area contributed by atoms with Gasteiger partial charge in [0.1, 0.15) is 0 Å². The number of carboxylic acids is 1. The van der Waals surface area contributed by atoms with Gasteiger partial charge in [0.05, 0.1) is 11.8 Å². The van der Waals surface area contributed by atoms with Gasteiger partial charge in [-0.2, -0.15) is 0 Å². The lowest BCUT2D eigenvalue weighted by molar-refractivity contribution is -0.151. The summed E-state index contributed by atoms with van der Waals surface area (Å²) in [5.74, 6) is -2.25. The van der Waals surface area contributed by atoms with Gasteiger partial charge in [-0.05, 0) is 49.9 Å². The van der Waals surface area contributed by atoms with Gasteiger partial charge in [0.25, 0.3) is 5.91 Å². The Morgan fingerprint density at radius 1 is 1.04 bits per heavy atom. The number of carbonyl (C=O) groups excluding carboxylic acids is 2. The Morgan fingerprint density at radius 2 is 1.60 bits per heavy atom. The normalized spacial score (nSPS) is 19.0. The van der Waals surface area contributed by atoms with E-state index >= 15 is 0 Å². The first-order valence-electron chi connectivity index (χ1n) is 8.90. The Morgan fingerprint density at radius 3 is 2.04 bits per heavy atom. The number of carbonyl (C=O) groups is 3. The summed E-state index contributed by atoms with van der Waals surface area (Å²) in [6, 6.07) is 6.78. The molecule has 136 valence electrons. The maximum Gasteiger partial charge on any atom is 0.307 e. The van der Waals surface area contributed by atoms with E-state index in [-0.39, 0.29) is 11.8 Å². The number of rotatable bonds is 8. The maximum atomic E-state index is 12.5. The molecule has 0 aromatic heterocycles. The van der Waals surface area contributed by atoms with Crippen LogP contribution in [0.15, 0.2) is 24.3 Å². The molecular formula is C19H26N2O4. The number of hydrogen-bond donors (Lipinski definition) is 2. The molecule has 0 aliphatic heterocycles. The Hall–Kier alpha value is -2.37. The van der Waals surface area contributed by atoms with E-state index in [0.717, 1.165) is 25.9 Å².